The van der Waals surface area contributed by atoms with E-state index in [1.165, 1.54) is 4.90 Å². The van der Waals surface area contributed by atoms with Crippen LogP contribution in [0.5, 0.6) is 0 Å². The monoisotopic (exact) mass is 543 g/mol. The van der Waals surface area contributed by atoms with E-state index >= 15 is 0 Å². The number of primary amides is 1. The fraction of sp³-hybridized carbons (Fsp3) is 0.310. The molecule has 0 aliphatic carbocycles. The van der Waals surface area contributed by atoms with Crippen LogP contribution in [0.4, 0.5) is 27.8 Å². The first-order valence-electron chi connectivity index (χ1n) is 13.4. The minimum atomic E-state index is -0.892. The van der Waals surface area contributed by atoms with Crippen LogP contribution in [0.2, 0.25) is 0 Å². The Morgan fingerprint density at radius 2 is 1.60 bits per heavy atom. The molecule has 2 saturated heterocycles. The lowest BCUT2D eigenvalue weighted by molar-refractivity contribution is 0.0932. The van der Waals surface area contributed by atoms with Gasteiger partial charge in [0.05, 0.1) is 5.56 Å². The van der Waals surface area contributed by atoms with Crippen LogP contribution >= 0.6 is 0 Å². The number of hydrogen-bond donors (Lipinski definition) is 4. The number of nitrogens with one attached hydrogen (secondary N) is 2. The van der Waals surface area contributed by atoms with Crippen LogP contribution in [0, 0.1) is 0 Å². The van der Waals surface area contributed by atoms with Gasteiger partial charge in [-0.2, -0.15) is 0 Å². The number of benzene rings is 2. The molecule has 11 heteroatoms. The Kier molecular flexibility index (Phi) is 7.99. The third-order valence-corrected chi connectivity index (χ3v) is 7.31. The van der Waals surface area contributed by atoms with Crippen molar-refractivity contribution in [3.05, 3.63) is 77.9 Å². The van der Waals surface area contributed by atoms with E-state index in [0.29, 0.717) is 49.9 Å². The summed E-state index contributed by atoms with van der Waals surface area (Å²) in [6.45, 7) is 3.55. The highest BCUT2D eigenvalue weighted by atomic mass is 16.4. The molecule has 5 rings (SSSR count). The van der Waals surface area contributed by atoms with Gasteiger partial charge >= 0.3 is 6.09 Å². The molecular weight excluding hydrogens is 510 g/mol. The maximum atomic E-state index is 12.7. The van der Waals surface area contributed by atoms with Crippen LogP contribution in [0.15, 0.2) is 66.7 Å². The van der Waals surface area contributed by atoms with Crippen molar-refractivity contribution in [1.82, 2.24) is 15.2 Å². The number of carbonyl (C=O) groups excluding carboxylic acids is 2. The maximum absolute atomic E-state index is 12.7. The molecule has 5 N–H and O–H groups in total. The molecule has 1 atom stereocenters. The van der Waals surface area contributed by atoms with Gasteiger partial charge in [0, 0.05) is 62.2 Å². The fourth-order valence-electron chi connectivity index (χ4n) is 5.13. The van der Waals surface area contributed by atoms with Crippen LogP contribution in [0.25, 0.3) is 0 Å². The van der Waals surface area contributed by atoms with E-state index in [1.54, 1.807) is 24.3 Å². The van der Waals surface area contributed by atoms with E-state index in [4.69, 9.17) is 15.8 Å². The summed E-state index contributed by atoms with van der Waals surface area (Å²) >= 11 is 0. The maximum Gasteiger partial charge on any atom is 0.407 e. The van der Waals surface area contributed by atoms with E-state index < -0.39 is 12.0 Å². The summed E-state index contributed by atoms with van der Waals surface area (Å²) in [4.78, 5) is 46.4. The van der Waals surface area contributed by atoms with Crippen LogP contribution in [-0.2, 0) is 0 Å². The van der Waals surface area contributed by atoms with Crippen molar-refractivity contribution in [3.8, 4) is 0 Å². The Morgan fingerprint density at radius 1 is 0.875 bits per heavy atom. The normalized spacial score (nSPS) is 17.3. The zero-order valence-corrected chi connectivity index (χ0v) is 22.1. The van der Waals surface area contributed by atoms with Gasteiger partial charge in [-0.05, 0) is 61.4 Å². The number of nitrogens with two attached hydrogens (primary N) is 1. The molecule has 40 heavy (non-hydrogen) atoms. The molecule has 1 unspecified atom stereocenters. The van der Waals surface area contributed by atoms with E-state index in [0.717, 1.165) is 30.8 Å². The number of aromatic nitrogens is 1. The minimum Gasteiger partial charge on any atom is -0.465 e. The number of anilines is 4. The summed E-state index contributed by atoms with van der Waals surface area (Å²) in [5.41, 5.74) is 8.29. The molecule has 11 nitrogen and oxygen atoms in total. The van der Waals surface area contributed by atoms with Gasteiger partial charge < -0.3 is 36.2 Å². The van der Waals surface area contributed by atoms with Gasteiger partial charge in [0.15, 0.2) is 0 Å². The second kappa shape index (κ2) is 11.9. The number of nitrogens with zero attached hydrogens (tertiary/aromatic N) is 4. The third kappa shape index (κ3) is 6.25. The number of amides is 3. The number of pyridine rings is 1. The highest BCUT2D eigenvalue weighted by Gasteiger charge is 2.24. The first-order valence-corrected chi connectivity index (χ1v) is 13.4. The summed E-state index contributed by atoms with van der Waals surface area (Å²) in [6.07, 6.45) is 0.873. The molecule has 1 aromatic heterocycles. The molecule has 3 amide bonds. The topological polar surface area (TPSA) is 144 Å². The van der Waals surface area contributed by atoms with Gasteiger partial charge in [0.25, 0.3) is 11.8 Å². The van der Waals surface area contributed by atoms with Gasteiger partial charge in [0.1, 0.15) is 11.6 Å². The van der Waals surface area contributed by atoms with E-state index in [-0.39, 0.29) is 17.5 Å². The first-order chi connectivity index (χ1) is 19.4. The molecule has 208 valence electrons. The van der Waals surface area contributed by atoms with Gasteiger partial charge in [-0.3, -0.25) is 9.59 Å². The second-order valence-electron chi connectivity index (χ2n) is 9.98. The number of carboxylic acid groups (broad SMARTS) is 1. The summed E-state index contributed by atoms with van der Waals surface area (Å²) in [5.74, 6) is 0.377. The minimum absolute atomic E-state index is 0.0274. The molecule has 0 saturated carbocycles. The lowest BCUT2D eigenvalue weighted by Crippen LogP contribution is -2.48. The largest absolute Gasteiger partial charge is 0.465 e. The molecule has 0 radical (unpaired) electrons. The lowest BCUT2D eigenvalue weighted by Gasteiger charge is -2.34. The molecule has 3 heterocycles. The Balaban J connectivity index is 1.27. The van der Waals surface area contributed by atoms with Crippen molar-refractivity contribution in [2.24, 2.45) is 5.73 Å². The quantitative estimate of drug-likeness (QED) is 0.356. The summed E-state index contributed by atoms with van der Waals surface area (Å²) in [6, 6.07) is 20.3. The molecule has 2 aliphatic heterocycles. The smallest absolute Gasteiger partial charge is 0.407 e. The number of carbonyl (C=O) groups is 3. The molecule has 2 aliphatic rings. The Bertz CT molecular complexity index is 1360. The van der Waals surface area contributed by atoms with Crippen molar-refractivity contribution in [1.29, 1.82) is 0 Å². The van der Waals surface area contributed by atoms with Gasteiger partial charge in [0.2, 0.25) is 0 Å². The van der Waals surface area contributed by atoms with Crippen LogP contribution in [0.3, 0.4) is 0 Å². The Labute approximate surface area is 232 Å². The van der Waals surface area contributed by atoms with E-state index in [2.05, 4.69) is 20.4 Å². The number of piperidine rings is 1. The standard InChI is InChI=1S/C29H33N7O4/c30-26(37)24-12-13-25(36-14-4-7-22(19-36)32-28(38)20-5-2-1-3-6-20)33-27(24)31-21-8-10-23(11-9-21)34-15-17-35(18-16-34)29(39)40/h1-3,5-6,8-13,22H,4,7,14-19H2,(H2,30,37)(H,31,33)(H,32,38)(H,39,40). The average molecular weight is 544 g/mol. The Hall–Kier alpha value is -4.80. The van der Waals surface area contributed by atoms with Crippen molar-refractivity contribution in [2.75, 3.05) is 54.4 Å². The zero-order valence-electron chi connectivity index (χ0n) is 22.1. The van der Waals surface area contributed by atoms with Crippen molar-refractivity contribution >= 4 is 40.9 Å². The number of rotatable bonds is 7. The van der Waals surface area contributed by atoms with E-state index in [1.807, 2.05) is 42.5 Å². The second-order valence-corrected chi connectivity index (χ2v) is 9.98. The molecular formula is C29H33N7O4. The average Bonchev–Trinajstić information content (AvgIpc) is 2.98. The summed E-state index contributed by atoms with van der Waals surface area (Å²) in [7, 11) is 0. The van der Waals surface area contributed by atoms with Gasteiger partial charge in [-0.15, -0.1) is 0 Å². The summed E-state index contributed by atoms with van der Waals surface area (Å²) in [5, 5.41) is 15.5. The molecule has 0 spiro atoms. The Morgan fingerprint density at radius 3 is 2.27 bits per heavy atom. The highest BCUT2D eigenvalue weighted by Crippen LogP contribution is 2.27. The van der Waals surface area contributed by atoms with Gasteiger partial charge in [-0.1, -0.05) is 18.2 Å². The van der Waals surface area contributed by atoms with Crippen LogP contribution in [0.1, 0.15) is 33.6 Å². The van der Waals surface area contributed by atoms with Crippen molar-refractivity contribution in [2.45, 2.75) is 18.9 Å². The van der Waals surface area contributed by atoms with Crippen LogP contribution < -0.4 is 26.2 Å². The van der Waals surface area contributed by atoms with Gasteiger partial charge in [-0.25, -0.2) is 9.78 Å². The lowest BCUT2D eigenvalue weighted by atomic mass is 10.0. The predicted octanol–water partition coefficient (Wildman–Crippen LogP) is 3.12. The summed E-state index contributed by atoms with van der Waals surface area (Å²) < 4.78 is 0. The number of hydrogen-bond acceptors (Lipinski definition) is 7. The SMILES string of the molecule is NC(=O)c1ccc(N2CCCC(NC(=O)c3ccccc3)C2)nc1Nc1ccc(N2CCN(C(=O)O)CC2)cc1. The fourth-order valence-corrected chi connectivity index (χ4v) is 5.13. The molecule has 3 aromatic rings. The first kappa shape index (κ1) is 26.8. The van der Waals surface area contributed by atoms with Crippen molar-refractivity contribution < 1.29 is 19.5 Å². The number of piperazine rings is 1. The van der Waals surface area contributed by atoms with Crippen molar-refractivity contribution in [3.63, 3.8) is 0 Å². The zero-order chi connectivity index (χ0) is 28.1. The predicted molar refractivity (Wildman–Crippen MR) is 153 cm³/mol. The molecule has 2 aromatic carbocycles. The highest BCUT2D eigenvalue weighted by molar-refractivity contribution is 5.98. The van der Waals surface area contributed by atoms with E-state index in [9.17, 15) is 14.4 Å². The van der Waals surface area contributed by atoms with Crippen LogP contribution in [-0.4, -0.2) is 78.2 Å². The molecule has 2 fully saturated rings. The third-order valence-electron chi connectivity index (χ3n) is 7.31. The molecule has 0 bridgehead atoms.